The lowest BCUT2D eigenvalue weighted by molar-refractivity contribution is -0.137. The van der Waals surface area contributed by atoms with Gasteiger partial charge in [-0.2, -0.15) is 18.2 Å². The predicted molar refractivity (Wildman–Crippen MR) is 83.8 cm³/mol. The van der Waals surface area contributed by atoms with Gasteiger partial charge >= 0.3 is 6.18 Å². The van der Waals surface area contributed by atoms with Gasteiger partial charge in [0.1, 0.15) is 17.3 Å². The number of hydrogen-bond donors (Lipinski definition) is 0. The van der Waals surface area contributed by atoms with E-state index in [0.29, 0.717) is 6.07 Å². The van der Waals surface area contributed by atoms with Gasteiger partial charge in [-0.25, -0.2) is 13.8 Å². The molecule has 0 aliphatic heterocycles. The molecular formula is C16H6ClF5N4O. The van der Waals surface area contributed by atoms with Crippen LogP contribution in [0.3, 0.4) is 0 Å². The zero-order valence-corrected chi connectivity index (χ0v) is 13.7. The Morgan fingerprint density at radius 2 is 1.81 bits per heavy atom. The van der Waals surface area contributed by atoms with Crippen LogP contribution >= 0.6 is 11.6 Å². The summed E-state index contributed by atoms with van der Waals surface area (Å²) >= 11 is 5.87. The zero-order chi connectivity index (χ0) is 19.3. The average Bonchev–Trinajstić information content (AvgIpc) is 3.20. The minimum atomic E-state index is -4.58. The highest BCUT2D eigenvalue weighted by Gasteiger charge is 2.32. The van der Waals surface area contributed by atoms with Crippen molar-refractivity contribution in [3.63, 3.8) is 0 Å². The number of fused-ring (bicyclic) bond motifs is 1. The first-order valence-electron chi connectivity index (χ1n) is 7.27. The Morgan fingerprint density at radius 3 is 2.52 bits per heavy atom. The predicted octanol–water partition coefficient (Wildman–Crippen LogP) is 5.00. The molecule has 0 unspecified atom stereocenters. The van der Waals surface area contributed by atoms with E-state index in [1.54, 1.807) is 0 Å². The number of imidazole rings is 1. The molecule has 5 nitrogen and oxygen atoms in total. The van der Waals surface area contributed by atoms with Crippen molar-refractivity contribution in [1.29, 1.82) is 0 Å². The molecule has 0 saturated heterocycles. The molecule has 0 atom stereocenters. The molecule has 0 aliphatic carbocycles. The molecule has 11 heteroatoms. The van der Waals surface area contributed by atoms with Crippen molar-refractivity contribution in [2.45, 2.75) is 6.18 Å². The number of hydrogen-bond acceptors (Lipinski definition) is 4. The zero-order valence-electron chi connectivity index (χ0n) is 12.9. The molecule has 4 rings (SSSR count). The number of pyridine rings is 1. The van der Waals surface area contributed by atoms with Gasteiger partial charge in [0.05, 0.1) is 16.1 Å². The molecule has 3 aromatic heterocycles. The molecule has 1 aromatic carbocycles. The van der Waals surface area contributed by atoms with Crippen molar-refractivity contribution in [3.05, 3.63) is 58.9 Å². The van der Waals surface area contributed by atoms with Gasteiger partial charge in [-0.1, -0.05) is 16.8 Å². The molecule has 27 heavy (non-hydrogen) atoms. The third-order valence-corrected chi connectivity index (χ3v) is 3.93. The maximum absolute atomic E-state index is 13.8. The average molecular weight is 401 g/mol. The van der Waals surface area contributed by atoms with Gasteiger partial charge in [-0.05, 0) is 18.2 Å². The van der Waals surface area contributed by atoms with Crippen molar-refractivity contribution in [2.75, 3.05) is 0 Å². The van der Waals surface area contributed by atoms with Gasteiger partial charge in [0.25, 0.3) is 5.89 Å². The van der Waals surface area contributed by atoms with Crippen LogP contribution in [0.15, 0.2) is 41.2 Å². The largest absolute Gasteiger partial charge is 0.417 e. The summed E-state index contributed by atoms with van der Waals surface area (Å²) in [5.74, 6) is -1.99. The van der Waals surface area contributed by atoms with E-state index in [1.165, 1.54) is 6.20 Å². The van der Waals surface area contributed by atoms with E-state index in [2.05, 4.69) is 15.1 Å². The van der Waals surface area contributed by atoms with E-state index in [1.807, 2.05) is 0 Å². The van der Waals surface area contributed by atoms with Crippen LogP contribution in [0.5, 0.6) is 0 Å². The van der Waals surface area contributed by atoms with Crippen LogP contribution in [0.25, 0.3) is 28.6 Å². The number of halogens is 6. The molecule has 0 N–H and O–H groups in total. The quantitative estimate of drug-likeness (QED) is 0.444. The summed E-state index contributed by atoms with van der Waals surface area (Å²) in [6.07, 6.45) is -2.55. The van der Waals surface area contributed by atoms with Crippen LogP contribution in [0, 0.1) is 11.6 Å². The number of nitrogens with zero attached hydrogens (tertiary/aromatic N) is 4. The van der Waals surface area contributed by atoms with Crippen molar-refractivity contribution in [1.82, 2.24) is 19.5 Å². The standard InChI is InChI=1S/C16H6ClF5N4O/c17-10-3-7(16(20,21)22)5-26-6-12(23-14(10)26)15-24-13(25-27-15)9-2-1-8(18)4-11(9)19/h1-6H. The first kappa shape index (κ1) is 17.4. The van der Waals surface area contributed by atoms with Gasteiger partial charge in [-0.3, -0.25) is 0 Å². The molecule has 4 aromatic rings. The lowest BCUT2D eigenvalue weighted by atomic mass is 10.2. The van der Waals surface area contributed by atoms with Gasteiger partial charge in [0, 0.05) is 18.5 Å². The molecule has 138 valence electrons. The minimum Gasteiger partial charge on any atom is -0.332 e. The van der Waals surface area contributed by atoms with E-state index < -0.39 is 23.4 Å². The monoisotopic (exact) mass is 400 g/mol. The summed E-state index contributed by atoms with van der Waals surface area (Å²) < 4.78 is 71.5. The highest BCUT2D eigenvalue weighted by molar-refractivity contribution is 6.33. The summed E-state index contributed by atoms with van der Waals surface area (Å²) in [5, 5.41) is 3.37. The molecule has 0 aliphatic rings. The second-order valence-corrected chi connectivity index (χ2v) is 5.89. The molecule has 0 fully saturated rings. The fourth-order valence-corrected chi connectivity index (χ4v) is 2.68. The number of aromatic nitrogens is 4. The van der Waals surface area contributed by atoms with Crippen LogP contribution in [-0.2, 0) is 6.18 Å². The number of benzene rings is 1. The first-order valence-corrected chi connectivity index (χ1v) is 7.65. The van der Waals surface area contributed by atoms with E-state index in [9.17, 15) is 22.0 Å². The van der Waals surface area contributed by atoms with Gasteiger partial charge in [0.15, 0.2) is 5.65 Å². The van der Waals surface area contributed by atoms with Crippen LogP contribution in [0.4, 0.5) is 22.0 Å². The van der Waals surface area contributed by atoms with Crippen LogP contribution in [-0.4, -0.2) is 19.5 Å². The third kappa shape index (κ3) is 3.12. The normalized spacial score (nSPS) is 12.1. The van der Waals surface area contributed by atoms with E-state index in [0.717, 1.165) is 28.8 Å². The van der Waals surface area contributed by atoms with E-state index in [-0.39, 0.29) is 33.6 Å². The Labute approximate surface area is 152 Å². The summed E-state index contributed by atoms with van der Waals surface area (Å²) in [5.41, 5.74) is -0.971. The van der Waals surface area contributed by atoms with Crippen LogP contribution in [0.2, 0.25) is 5.02 Å². The van der Waals surface area contributed by atoms with Crippen molar-refractivity contribution < 1.29 is 26.5 Å². The van der Waals surface area contributed by atoms with Gasteiger partial charge in [-0.15, -0.1) is 0 Å². The highest BCUT2D eigenvalue weighted by atomic mass is 35.5. The van der Waals surface area contributed by atoms with E-state index in [4.69, 9.17) is 16.1 Å². The van der Waals surface area contributed by atoms with Crippen molar-refractivity contribution >= 4 is 17.2 Å². The van der Waals surface area contributed by atoms with Crippen molar-refractivity contribution in [3.8, 4) is 23.0 Å². The number of rotatable bonds is 2. The van der Waals surface area contributed by atoms with Crippen LogP contribution < -0.4 is 0 Å². The highest BCUT2D eigenvalue weighted by Crippen LogP contribution is 2.33. The number of alkyl halides is 3. The maximum Gasteiger partial charge on any atom is 0.417 e. The second kappa shape index (κ2) is 6.02. The lowest BCUT2D eigenvalue weighted by Gasteiger charge is -2.07. The fraction of sp³-hybridized carbons (Fsp3) is 0.0625. The Hall–Kier alpha value is -3.01. The minimum absolute atomic E-state index is 0.0393. The van der Waals surface area contributed by atoms with Gasteiger partial charge in [0.2, 0.25) is 5.82 Å². The fourth-order valence-electron chi connectivity index (χ4n) is 2.42. The Balaban J connectivity index is 1.77. The summed E-state index contributed by atoms with van der Waals surface area (Å²) in [4.78, 5) is 8.02. The van der Waals surface area contributed by atoms with Crippen molar-refractivity contribution in [2.24, 2.45) is 0 Å². The Bertz CT molecular complexity index is 1170. The molecule has 0 spiro atoms. The molecule has 0 bridgehead atoms. The second-order valence-electron chi connectivity index (χ2n) is 5.48. The molecule has 0 amide bonds. The summed E-state index contributed by atoms with van der Waals surface area (Å²) in [6, 6.07) is 3.57. The Morgan fingerprint density at radius 1 is 1.04 bits per heavy atom. The summed E-state index contributed by atoms with van der Waals surface area (Å²) in [7, 11) is 0. The maximum atomic E-state index is 13.8. The SMILES string of the molecule is Fc1ccc(-c2noc(-c3cn4cc(C(F)(F)F)cc(Cl)c4n3)n2)c(F)c1. The smallest absolute Gasteiger partial charge is 0.332 e. The molecule has 0 radical (unpaired) electrons. The topological polar surface area (TPSA) is 56.2 Å². The lowest BCUT2D eigenvalue weighted by Crippen LogP contribution is -2.06. The van der Waals surface area contributed by atoms with Crippen LogP contribution in [0.1, 0.15) is 5.56 Å². The van der Waals surface area contributed by atoms with Gasteiger partial charge < -0.3 is 8.92 Å². The van der Waals surface area contributed by atoms with E-state index >= 15 is 0 Å². The molecular weight excluding hydrogens is 395 g/mol. The molecule has 3 heterocycles. The Kier molecular flexibility index (Phi) is 3.88. The third-order valence-electron chi connectivity index (χ3n) is 3.65. The first-order chi connectivity index (χ1) is 12.7. The molecule has 0 saturated carbocycles. The summed E-state index contributed by atoms with van der Waals surface area (Å²) in [6.45, 7) is 0.